The van der Waals surface area contributed by atoms with Crippen molar-refractivity contribution < 1.29 is 4.79 Å². The van der Waals surface area contributed by atoms with Gasteiger partial charge in [0.15, 0.2) is 0 Å². The fourth-order valence-electron chi connectivity index (χ4n) is 0.803. The first kappa shape index (κ1) is 9.76. The first-order valence-corrected chi connectivity index (χ1v) is 3.85. The quantitative estimate of drug-likeness (QED) is 0.634. The van der Waals surface area contributed by atoms with E-state index in [1.807, 2.05) is 6.07 Å². The summed E-state index contributed by atoms with van der Waals surface area (Å²) in [5.41, 5.74) is 5.86. The molecule has 68 valence electrons. The number of aromatic nitrogens is 1. The van der Waals surface area contributed by atoms with Crippen molar-refractivity contribution in [3.8, 4) is 17.9 Å². The van der Waals surface area contributed by atoms with Crippen LogP contribution in [0.4, 0.5) is 0 Å². The molecule has 0 aliphatic heterocycles. The van der Waals surface area contributed by atoms with Gasteiger partial charge in [-0.05, 0) is 12.1 Å². The zero-order valence-corrected chi connectivity index (χ0v) is 7.32. The highest BCUT2D eigenvalue weighted by Crippen LogP contribution is 1.98. The molecule has 1 rings (SSSR count). The molecule has 0 unspecified atom stereocenters. The van der Waals surface area contributed by atoms with E-state index in [4.69, 9.17) is 11.0 Å². The van der Waals surface area contributed by atoms with Crippen molar-refractivity contribution in [2.75, 3.05) is 0 Å². The fraction of sp³-hybridized carbons (Fsp3) is 0.100. The van der Waals surface area contributed by atoms with Gasteiger partial charge in [0.25, 0.3) is 0 Å². The van der Waals surface area contributed by atoms with Gasteiger partial charge in [-0.25, -0.2) is 4.98 Å². The van der Waals surface area contributed by atoms with Gasteiger partial charge in [0, 0.05) is 11.8 Å². The Bertz CT molecular complexity index is 448. The number of amides is 1. The van der Waals surface area contributed by atoms with Crippen LogP contribution in [0, 0.1) is 23.2 Å². The lowest BCUT2D eigenvalue weighted by atomic mass is 10.2. The van der Waals surface area contributed by atoms with Crippen LogP contribution in [0.25, 0.3) is 0 Å². The zero-order valence-electron chi connectivity index (χ0n) is 7.32. The maximum Gasteiger partial charge on any atom is 0.229 e. The topological polar surface area (TPSA) is 79.8 Å². The summed E-state index contributed by atoms with van der Waals surface area (Å²) in [5, 5.41) is 8.54. The third kappa shape index (κ3) is 2.96. The molecule has 0 atom stereocenters. The molecule has 0 fully saturated rings. The first-order chi connectivity index (χ1) is 6.72. The van der Waals surface area contributed by atoms with Crippen molar-refractivity contribution in [1.82, 2.24) is 4.98 Å². The van der Waals surface area contributed by atoms with Crippen LogP contribution in [-0.4, -0.2) is 10.9 Å². The van der Waals surface area contributed by atoms with E-state index in [0.717, 1.165) is 0 Å². The third-order valence-electron chi connectivity index (χ3n) is 1.37. The lowest BCUT2D eigenvalue weighted by Crippen LogP contribution is -2.08. The summed E-state index contributed by atoms with van der Waals surface area (Å²) in [6, 6.07) is 5.11. The SMILES string of the molecule is N#Cc1cc(C#CCC(N)=O)ccn1. The Labute approximate surface area is 81.4 Å². The molecule has 0 saturated carbocycles. The van der Waals surface area contributed by atoms with Crippen LogP contribution in [0.3, 0.4) is 0 Å². The number of pyridine rings is 1. The van der Waals surface area contributed by atoms with Crippen molar-refractivity contribution in [2.45, 2.75) is 6.42 Å². The highest BCUT2D eigenvalue weighted by atomic mass is 16.1. The van der Waals surface area contributed by atoms with Crippen molar-refractivity contribution >= 4 is 5.91 Å². The minimum absolute atomic E-state index is 0.0181. The summed E-state index contributed by atoms with van der Waals surface area (Å²) in [4.78, 5) is 14.1. The molecular weight excluding hydrogens is 178 g/mol. The Morgan fingerprint density at radius 1 is 1.64 bits per heavy atom. The number of carbonyl (C=O) groups is 1. The largest absolute Gasteiger partial charge is 0.369 e. The molecule has 0 bridgehead atoms. The van der Waals surface area contributed by atoms with Gasteiger partial charge in [-0.15, -0.1) is 0 Å². The molecule has 4 nitrogen and oxygen atoms in total. The maximum absolute atomic E-state index is 10.4. The average molecular weight is 185 g/mol. The molecule has 0 aromatic carbocycles. The van der Waals surface area contributed by atoms with E-state index in [-0.39, 0.29) is 6.42 Å². The van der Waals surface area contributed by atoms with Gasteiger partial charge in [0.1, 0.15) is 11.8 Å². The van der Waals surface area contributed by atoms with E-state index in [2.05, 4.69) is 16.8 Å². The van der Waals surface area contributed by atoms with Gasteiger partial charge >= 0.3 is 0 Å². The molecule has 1 amide bonds. The Kier molecular flexibility index (Phi) is 3.23. The molecule has 4 heteroatoms. The van der Waals surface area contributed by atoms with Crippen LogP contribution in [-0.2, 0) is 4.79 Å². The van der Waals surface area contributed by atoms with Crippen LogP contribution in [0.2, 0.25) is 0 Å². The van der Waals surface area contributed by atoms with Crippen LogP contribution < -0.4 is 5.73 Å². The number of hydrogen-bond acceptors (Lipinski definition) is 3. The number of carbonyl (C=O) groups excluding carboxylic acids is 1. The molecule has 1 aromatic rings. The molecule has 14 heavy (non-hydrogen) atoms. The summed E-state index contributed by atoms with van der Waals surface area (Å²) >= 11 is 0. The molecule has 0 saturated heterocycles. The summed E-state index contributed by atoms with van der Waals surface area (Å²) in [7, 11) is 0. The lowest BCUT2D eigenvalue weighted by Gasteiger charge is -1.89. The Hall–Kier alpha value is -2.33. The Morgan fingerprint density at radius 3 is 3.07 bits per heavy atom. The number of hydrogen-bond donors (Lipinski definition) is 1. The zero-order chi connectivity index (χ0) is 10.4. The molecule has 1 aromatic heterocycles. The van der Waals surface area contributed by atoms with E-state index in [1.54, 1.807) is 12.1 Å². The predicted molar refractivity (Wildman–Crippen MR) is 49.6 cm³/mol. The minimum atomic E-state index is -0.466. The van der Waals surface area contributed by atoms with Crippen molar-refractivity contribution in [1.29, 1.82) is 5.26 Å². The molecule has 0 spiro atoms. The average Bonchev–Trinajstić information content (AvgIpc) is 2.18. The lowest BCUT2D eigenvalue weighted by molar-refractivity contribution is -0.117. The van der Waals surface area contributed by atoms with E-state index in [1.165, 1.54) is 6.20 Å². The smallest absolute Gasteiger partial charge is 0.229 e. The molecule has 2 N–H and O–H groups in total. The van der Waals surface area contributed by atoms with E-state index in [9.17, 15) is 4.79 Å². The third-order valence-corrected chi connectivity index (χ3v) is 1.37. The van der Waals surface area contributed by atoms with E-state index in [0.29, 0.717) is 11.3 Å². The van der Waals surface area contributed by atoms with Gasteiger partial charge in [-0.3, -0.25) is 4.79 Å². The normalized spacial score (nSPS) is 8.21. The van der Waals surface area contributed by atoms with Crippen molar-refractivity contribution in [3.05, 3.63) is 29.6 Å². The molecule has 0 aliphatic rings. The summed E-state index contributed by atoms with van der Waals surface area (Å²) < 4.78 is 0. The van der Waals surface area contributed by atoms with Gasteiger partial charge in [-0.2, -0.15) is 5.26 Å². The van der Waals surface area contributed by atoms with E-state index < -0.39 is 5.91 Å². The number of nitrogens with two attached hydrogens (primary N) is 1. The monoisotopic (exact) mass is 185 g/mol. The van der Waals surface area contributed by atoms with Gasteiger partial charge in [0.2, 0.25) is 5.91 Å². The number of nitriles is 1. The number of rotatable bonds is 1. The Morgan fingerprint density at radius 2 is 2.43 bits per heavy atom. The number of primary amides is 1. The van der Waals surface area contributed by atoms with Crippen LogP contribution >= 0.6 is 0 Å². The Balaban J connectivity index is 2.80. The summed E-state index contributed by atoms with van der Waals surface area (Å²) in [5.74, 6) is 4.83. The molecular formula is C10H7N3O. The highest BCUT2D eigenvalue weighted by molar-refractivity contribution is 5.76. The second-order valence-electron chi connectivity index (χ2n) is 2.49. The number of nitrogens with zero attached hydrogens (tertiary/aromatic N) is 2. The van der Waals surface area contributed by atoms with Crippen LogP contribution in [0.1, 0.15) is 17.7 Å². The molecule has 0 radical (unpaired) electrons. The van der Waals surface area contributed by atoms with Crippen LogP contribution in [0.15, 0.2) is 18.3 Å². The van der Waals surface area contributed by atoms with E-state index >= 15 is 0 Å². The van der Waals surface area contributed by atoms with Gasteiger partial charge < -0.3 is 5.73 Å². The van der Waals surface area contributed by atoms with Gasteiger partial charge in [0.05, 0.1) is 6.42 Å². The fourth-order valence-corrected chi connectivity index (χ4v) is 0.803. The van der Waals surface area contributed by atoms with Crippen molar-refractivity contribution in [3.63, 3.8) is 0 Å². The second kappa shape index (κ2) is 4.64. The minimum Gasteiger partial charge on any atom is -0.369 e. The predicted octanol–water partition coefficient (Wildman–Crippen LogP) is 0.180. The second-order valence-corrected chi connectivity index (χ2v) is 2.49. The van der Waals surface area contributed by atoms with Crippen LogP contribution in [0.5, 0.6) is 0 Å². The van der Waals surface area contributed by atoms with Gasteiger partial charge in [-0.1, -0.05) is 11.8 Å². The molecule has 1 heterocycles. The maximum atomic E-state index is 10.4. The standard InChI is InChI=1S/C10H7N3O/c11-7-9-6-8(4-5-13-9)2-1-3-10(12)14/h4-6H,3H2,(H2,12,14). The summed E-state index contributed by atoms with van der Waals surface area (Å²) in [6.45, 7) is 0. The highest BCUT2D eigenvalue weighted by Gasteiger charge is 1.92. The molecule has 0 aliphatic carbocycles. The summed E-state index contributed by atoms with van der Waals surface area (Å²) in [6.07, 6.45) is 1.51. The van der Waals surface area contributed by atoms with Crippen molar-refractivity contribution in [2.24, 2.45) is 5.73 Å². The first-order valence-electron chi connectivity index (χ1n) is 3.85.